The molecule has 1 saturated heterocycles. The summed E-state index contributed by atoms with van der Waals surface area (Å²) in [6, 6.07) is 7.87. The van der Waals surface area contributed by atoms with Crippen LogP contribution in [0.2, 0.25) is 0 Å². The standard InChI is InChI=1S/C23H26N6O3/c1-23(8-9-23)22-25-20(26-32-22)18-19-21(31)28(13-12-27-10-6-15(30)7-11-27)16-4-2-3-5-17(16)29(19)14-24-18/h2-5,14-15,30H,6-13H2,1H3. The van der Waals surface area contributed by atoms with Crippen LogP contribution in [0.5, 0.6) is 0 Å². The fourth-order valence-electron chi connectivity index (χ4n) is 4.60. The number of piperidine rings is 1. The van der Waals surface area contributed by atoms with E-state index in [0.717, 1.165) is 56.4 Å². The molecule has 9 heteroatoms. The zero-order valence-electron chi connectivity index (χ0n) is 18.1. The molecule has 0 atom stereocenters. The number of aromatic nitrogens is 5. The van der Waals surface area contributed by atoms with E-state index in [9.17, 15) is 9.90 Å². The number of para-hydroxylation sites is 2. The van der Waals surface area contributed by atoms with E-state index in [0.29, 0.717) is 29.5 Å². The largest absolute Gasteiger partial charge is 0.393 e. The Balaban J connectivity index is 1.44. The van der Waals surface area contributed by atoms with E-state index >= 15 is 0 Å². The lowest BCUT2D eigenvalue weighted by atomic mass is 10.1. The van der Waals surface area contributed by atoms with Crippen LogP contribution in [0, 0.1) is 0 Å². The summed E-state index contributed by atoms with van der Waals surface area (Å²) in [4.78, 5) is 25.1. The topological polar surface area (TPSA) is 102 Å². The van der Waals surface area contributed by atoms with Crippen LogP contribution in [0.25, 0.3) is 28.1 Å². The minimum absolute atomic E-state index is 0.0459. The van der Waals surface area contributed by atoms with Crippen LogP contribution in [0.3, 0.4) is 0 Å². The number of hydrogen-bond donors (Lipinski definition) is 1. The fourth-order valence-corrected chi connectivity index (χ4v) is 4.60. The van der Waals surface area contributed by atoms with Crippen molar-refractivity contribution in [2.24, 2.45) is 0 Å². The van der Waals surface area contributed by atoms with Gasteiger partial charge in [0.2, 0.25) is 11.7 Å². The molecule has 2 aliphatic rings. The van der Waals surface area contributed by atoms with Gasteiger partial charge in [0.1, 0.15) is 17.5 Å². The molecule has 6 rings (SSSR count). The lowest BCUT2D eigenvalue weighted by molar-refractivity contribution is 0.0810. The summed E-state index contributed by atoms with van der Waals surface area (Å²) in [7, 11) is 0. The zero-order chi connectivity index (χ0) is 21.9. The molecule has 1 aliphatic heterocycles. The van der Waals surface area contributed by atoms with Crippen molar-refractivity contribution in [2.45, 2.75) is 50.7 Å². The Morgan fingerprint density at radius 2 is 1.91 bits per heavy atom. The lowest BCUT2D eigenvalue weighted by Gasteiger charge is -2.29. The van der Waals surface area contributed by atoms with Crippen LogP contribution >= 0.6 is 0 Å². The molecule has 3 aromatic heterocycles. The van der Waals surface area contributed by atoms with Gasteiger partial charge in [-0.25, -0.2) is 4.98 Å². The molecule has 0 spiro atoms. The number of benzene rings is 1. The van der Waals surface area contributed by atoms with Crippen LogP contribution in [0.15, 0.2) is 39.9 Å². The molecule has 32 heavy (non-hydrogen) atoms. The average Bonchev–Trinajstić information content (AvgIpc) is 3.19. The molecule has 1 aliphatic carbocycles. The SMILES string of the molecule is CC1(c2nc(-c3ncn4c3c(=O)n(CCN3CCC(O)CC3)c3ccccc34)no2)CC1. The van der Waals surface area contributed by atoms with Gasteiger partial charge in [-0.2, -0.15) is 4.98 Å². The van der Waals surface area contributed by atoms with E-state index in [1.165, 1.54) is 0 Å². The lowest BCUT2D eigenvalue weighted by Crippen LogP contribution is -2.39. The Bertz CT molecular complexity index is 1360. The van der Waals surface area contributed by atoms with Crippen molar-refractivity contribution in [3.8, 4) is 11.5 Å². The Morgan fingerprint density at radius 1 is 1.16 bits per heavy atom. The molecule has 4 heterocycles. The summed E-state index contributed by atoms with van der Waals surface area (Å²) >= 11 is 0. The van der Waals surface area contributed by atoms with Crippen molar-refractivity contribution in [1.29, 1.82) is 0 Å². The molecule has 0 amide bonds. The fraction of sp³-hybridized carbons (Fsp3) is 0.478. The Kier molecular flexibility index (Phi) is 4.44. The summed E-state index contributed by atoms with van der Waals surface area (Å²) in [5.41, 5.74) is 2.53. The molecule has 1 N–H and O–H groups in total. The van der Waals surface area contributed by atoms with Gasteiger partial charge in [-0.3, -0.25) is 9.20 Å². The minimum atomic E-state index is -0.210. The summed E-state index contributed by atoms with van der Waals surface area (Å²) in [6.07, 6.45) is 5.08. The number of rotatable bonds is 5. The molecule has 1 saturated carbocycles. The number of imidazole rings is 1. The molecule has 1 aromatic carbocycles. The predicted octanol–water partition coefficient (Wildman–Crippen LogP) is 2.21. The molecule has 166 valence electrons. The van der Waals surface area contributed by atoms with Gasteiger partial charge >= 0.3 is 0 Å². The van der Waals surface area contributed by atoms with Gasteiger partial charge in [0.25, 0.3) is 5.56 Å². The summed E-state index contributed by atoms with van der Waals surface area (Å²) in [6.45, 7) is 5.11. The Hall–Kier alpha value is -3.04. The van der Waals surface area contributed by atoms with Crippen molar-refractivity contribution in [1.82, 2.24) is 29.0 Å². The molecule has 0 radical (unpaired) electrons. The maximum atomic E-state index is 13.7. The van der Waals surface area contributed by atoms with Crippen molar-refractivity contribution in [3.05, 3.63) is 46.8 Å². The first-order valence-electron chi connectivity index (χ1n) is 11.3. The van der Waals surface area contributed by atoms with Crippen LogP contribution in [-0.4, -0.2) is 59.8 Å². The zero-order valence-corrected chi connectivity index (χ0v) is 18.1. The molecule has 4 aromatic rings. The van der Waals surface area contributed by atoms with Gasteiger partial charge in [-0.1, -0.05) is 24.2 Å². The van der Waals surface area contributed by atoms with Gasteiger partial charge in [0, 0.05) is 31.6 Å². The quantitative estimate of drug-likeness (QED) is 0.514. The van der Waals surface area contributed by atoms with Gasteiger partial charge < -0.3 is 19.1 Å². The van der Waals surface area contributed by atoms with Gasteiger partial charge in [0.05, 0.1) is 17.1 Å². The van der Waals surface area contributed by atoms with E-state index in [-0.39, 0.29) is 17.1 Å². The summed E-state index contributed by atoms with van der Waals surface area (Å²) in [5, 5.41) is 13.9. The number of hydrogen-bond acceptors (Lipinski definition) is 7. The molecule has 0 bridgehead atoms. The molecular formula is C23H26N6O3. The van der Waals surface area contributed by atoms with Gasteiger partial charge in [0.15, 0.2) is 0 Å². The Morgan fingerprint density at radius 3 is 2.66 bits per heavy atom. The highest BCUT2D eigenvalue weighted by Gasteiger charge is 2.44. The van der Waals surface area contributed by atoms with Crippen molar-refractivity contribution in [3.63, 3.8) is 0 Å². The minimum Gasteiger partial charge on any atom is -0.393 e. The highest BCUT2D eigenvalue weighted by molar-refractivity contribution is 5.83. The third kappa shape index (κ3) is 3.15. The second kappa shape index (κ2) is 7.25. The first kappa shape index (κ1) is 19.6. The van der Waals surface area contributed by atoms with Crippen LogP contribution in [0.4, 0.5) is 0 Å². The predicted molar refractivity (Wildman–Crippen MR) is 119 cm³/mol. The van der Waals surface area contributed by atoms with Crippen molar-refractivity contribution in [2.75, 3.05) is 19.6 Å². The molecule has 0 unspecified atom stereocenters. The van der Waals surface area contributed by atoms with Gasteiger partial charge in [-0.15, -0.1) is 0 Å². The number of nitrogens with zero attached hydrogens (tertiary/aromatic N) is 6. The van der Waals surface area contributed by atoms with E-state index in [1.54, 1.807) is 6.33 Å². The summed E-state index contributed by atoms with van der Waals surface area (Å²) < 4.78 is 9.16. The number of aliphatic hydroxyl groups is 1. The van der Waals surface area contributed by atoms with Crippen LogP contribution in [-0.2, 0) is 12.0 Å². The van der Waals surface area contributed by atoms with E-state index in [2.05, 4.69) is 26.9 Å². The number of likely N-dealkylation sites (tertiary alicyclic amines) is 1. The third-order valence-electron chi connectivity index (χ3n) is 7.00. The van der Waals surface area contributed by atoms with E-state index < -0.39 is 0 Å². The maximum absolute atomic E-state index is 13.7. The second-order valence-electron chi connectivity index (χ2n) is 9.31. The van der Waals surface area contributed by atoms with Crippen LogP contribution < -0.4 is 5.56 Å². The molecule has 2 fully saturated rings. The average molecular weight is 435 g/mol. The number of aliphatic hydroxyl groups excluding tert-OH is 1. The van der Waals surface area contributed by atoms with E-state index in [4.69, 9.17) is 4.52 Å². The molecule has 9 nitrogen and oxygen atoms in total. The highest BCUT2D eigenvalue weighted by Crippen LogP contribution is 2.47. The normalized spacial score (nSPS) is 19.2. The van der Waals surface area contributed by atoms with Crippen molar-refractivity contribution < 1.29 is 9.63 Å². The number of fused-ring (bicyclic) bond motifs is 3. The smallest absolute Gasteiger partial charge is 0.277 e. The molecular weight excluding hydrogens is 408 g/mol. The second-order valence-corrected chi connectivity index (χ2v) is 9.31. The Labute approximate surface area is 184 Å². The highest BCUT2D eigenvalue weighted by atomic mass is 16.5. The summed E-state index contributed by atoms with van der Waals surface area (Å²) in [5.74, 6) is 0.974. The first-order chi connectivity index (χ1) is 15.5. The maximum Gasteiger partial charge on any atom is 0.277 e. The third-order valence-corrected chi connectivity index (χ3v) is 7.00. The van der Waals surface area contributed by atoms with Crippen molar-refractivity contribution >= 4 is 16.6 Å². The van der Waals surface area contributed by atoms with E-state index in [1.807, 2.05) is 33.2 Å². The van der Waals surface area contributed by atoms with Crippen LogP contribution in [0.1, 0.15) is 38.5 Å². The monoisotopic (exact) mass is 434 g/mol. The van der Waals surface area contributed by atoms with Gasteiger partial charge in [-0.05, 0) is 37.8 Å². The first-order valence-corrected chi connectivity index (χ1v) is 11.3.